The predicted octanol–water partition coefficient (Wildman–Crippen LogP) is 0.252. The highest BCUT2D eigenvalue weighted by molar-refractivity contribution is 5.78. The summed E-state index contributed by atoms with van der Waals surface area (Å²) in [7, 11) is 1.81. The van der Waals surface area contributed by atoms with Crippen molar-refractivity contribution in [2.24, 2.45) is 0 Å². The predicted molar refractivity (Wildman–Crippen MR) is 37.6 cm³/mol. The van der Waals surface area contributed by atoms with Crippen LogP contribution in [0, 0.1) is 0 Å². The lowest BCUT2D eigenvalue weighted by molar-refractivity contribution is -0.151. The fraction of sp³-hybridized carbons (Fsp3) is 0.857. The van der Waals surface area contributed by atoms with Crippen molar-refractivity contribution in [2.45, 2.75) is 26.0 Å². The van der Waals surface area contributed by atoms with Crippen LogP contribution in [0.5, 0.6) is 0 Å². The molecule has 0 bridgehead atoms. The zero-order valence-electron chi connectivity index (χ0n) is 6.63. The van der Waals surface area contributed by atoms with Gasteiger partial charge < -0.3 is 9.64 Å². The number of carbonyl (C=O) groups is 1. The highest BCUT2D eigenvalue weighted by Crippen LogP contribution is 2.11. The first-order valence-corrected chi connectivity index (χ1v) is 3.50. The lowest BCUT2D eigenvalue weighted by Crippen LogP contribution is -2.49. The van der Waals surface area contributed by atoms with Crippen LogP contribution in [-0.2, 0) is 9.53 Å². The minimum absolute atomic E-state index is 0.0746. The summed E-state index contributed by atoms with van der Waals surface area (Å²) >= 11 is 0. The summed E-state index contributed by atoms with van der Waals surface area (Å²) < 4.78 is 5.18. The van der Waals surface area contributed by atoms with Gasteiger partial charge in [0.25, 0.3) is 0 Å². The highest BCUT2D eigenvalue weighted by atomic mass is 16.5. The van der Waals surface area contributed by atoms with Crippen molar-refractivity contribution in [3.63, 3.8) is 0 Å². The van der Waals surface area contributed by atoms with E-state index in [-0.39, 0.29) is 24.7 Å². The van der Waals surface area contributed by atoms with Crippen molar-refractivity contribution in [3.8, 4) is 0 Å². The third-order valence-electron chi connectivity index (χ3n) is 2.15. The van der Waals surface area contributed by atoms with E-state index in [9.17, 15) is 4.79 Å². The van der Waals surface area contributed by atoms with Gasteiger partial charge in [-0.05, 0) is 13.8 Å². The molecule has 1 rings (SSSR count). The molecule has 0 aromatic carbocycles. The van der Waals surface area contributed by atoms with Crippen molar-refractivity contribution < 1.29 is 9.53 Å². The maximum atomic E-state index is 11.0. The van der Waals surface area contributed by atoms with Gasteiger partial charge in [0.2, 0.25) is 5.91 Å². The van der Waals surface area contributed by atoms with Crippen LogP contribution >= 0.6 is 0 Å². The maximum Gasteiger partial charge on any atom is 0.248 e. The van der Waals surface area contributed by atoms with E-state index in [1.807, 2.05) is 20.9 Å². The molecule has 0 aromatic rings. The molecule has 1 aliphatic rings. The van der Waals surface area contributed by atoms with Crippen LogP contribution in [0.25, 0.3) is 0 Å². The topological polar surface area (TPSA) is 29.5 Å². The molecule has 2 atom stereocenters. The van der Waals surface area contributed by atoms with E-state index in [1.165, 1.54) is 0 Å². The number of hydrogen-bond acceptors (Lipinski definition) is 2. The molecule has 1 aliphatic heterocycles. The number of nitrogens with zero attached hydrogens (tertiary/aromatic N) is 1. The lowest BCUT2D eigenvalue weighted by atomic mass is 10.1. The van der Waals surface area contributed by atoms with E-state index in [1.54, 1.807) is 4.90 Å². The van der Waals surface area contributed by atoms with E-state index < -0.39 is 0 Å². The Morgan fingerprint density at radius 2 is 2.20 bits per heavy atom. The Morgan fingerprint density at radius 3 is 2.70 bits per heavy atom. The number of morpholine rings is 1. The first-order chi connectivity index (χ1) is 4.63. The van der Waals surface area contributed by atoms with Gasteiger partial charge in [0.05, 0.1) is 12.1 Å². The lowest BCUT2D eigenvalue weighted by Gasteiger charge is -2.34. The molecular formula is C7H13NO2. The zero-order chi connectivity index (χ0) is 7.72. The third kappa shape index (κ3) is 1.14. The molecule has 1 fully saturated rings. The van der Waals surface area contributed by atoms with Gasteiger partial charge in [-0.1, -0.05) is 0 Å². The van der Waals surface area contributed by atoms with E-state index in [0.29, 0.717) is 0 Å². The molecule has 0 aliphatic carbocycles. The Kier molecular flexibility index (Phi) is 1.94. The molecule has 0 radical (unpaired) electrons. The molecule has 58 valence electrons. The standard InChI is InChI=1S/C7H13NO2/c1-5-6(2)10-4-7(9)8(5)3/h5-6H,4H2,1-3H3/t5-,6+/m0/s1. The monoisotopic (exact) mass is 143 g/mol. The van der Waals surface area contributed by atoms with Gasteiger partial charge in [0.15, 0.2) is 0 Å². The van der Waals surface area contributed by atoms with Gasteiger partial charge in [0.1, 0.15) is 6.61 Å². The fourth-order valence-corrected chi connectivity index (χ4v) is 0.986. The van der Waals surface area contributed by atoms with E-state index >= 15 is 0 Å². The summed E-state index contributed by atoms with van der Waals surface area (Å²) in [6, 6.07) is 0.209. The van der Waals surface area contributed by atoms with E-state index in [0.717, 1.165) is 0 Å². The molecule has 0 saturated carbocycles. The summed E-state index contributed by atoms with van der Waals surface area (Å²) in [4.78, 5) is 12.7. The smallest absolute Gasteiger partial charge is 0.248 e. The molecule has 0 spiro atoms. The van der Waals surface area contributed by atoms with Crippen LogP contribution in [0.2, 0.25) is 0 Å². The molecule has 1 heterocycles. The van der Waals surface area contributed by atoms with Gasteiger partial charge in [-0.2, -0.15) is 0 Å². The molecule has 3 nitrogen and oxygen atoms in total. The number of hydrogen-bond donors (Lipinski definition) is 0. The SMILES string of the molecule is C[C@H]1OCC(=O)N(C)[C@H]1C. The van der Waals surface area contributed by atoms with Crippen LogP contribution in [0.4, 0.5) is 0 Å². The molecule has 10 heavy (non-hydrogen) atoms. The number of carbonyl (C=O) groups excluding carboxylic acids is 1. The van der Waals surface area contributed by atoms with Gasteiger partial charge in [-0.25, -0.2) is 0 Å². The molecule has 1 saturated heterocycles. The van der Waals surface area contributed by atoms with Crippen LogP contribution in [-0.4, -0.2) is 36.6 Å². The molecule has 0 unspecified atom stereocenters. The minimum Gasteiger partial charge on any atom is -0.367 e. The number of amides is 1. The van der Waals surface area contributed by atoms with E-state index in [4.69, 9.17) is 4.74 Å². The minimum atomic E-state index is 0.0746. The summed E-state index contributed by atoms with van der Waals surface area (Å²) in [6.07, 6.45) is 0.169. The van der Waals surface area contributed by atoms with Crippen molar-refractivity contribution in [2.75, 3.05) is 13.7 Å². The first kappa shape index (κ1) is 7.54. The second-order valence-electron chi connectivity index (χ2n) is 2.76. The highest BCUT2D eigenvalue weighted by Gasteiger charge is 2.27. The Bertz CT molecular complexity index is 147. The van der Waals surface area contributed by atoms with Crippen LogP contribution < -0.4 is 0 Å². The summed E-state index contributed by atoms with van der Waals surface area (Å²) in [5.41, 5.74) is 0. The van der Waals surface area contributed by atoms with Crippen molar-refractivity contribution in [1.82, 2.24) is 4.90 Å². The Labute approximate surface area is 61.0 Å². The number of likely N-dealkylation sites (N-methyl/N-ethyl adjacent to an activating group) is 1. The maximum absolute atomic E-state index is 11.0. The van der Waals surface area contributed by atoms with Gasteiger partial charge >= 0.3 is 0 Å². The van der Waals surface area contributed by atoms with Crippen molar-refractivity contribution in [1.29, 1.82) is 0 Å². The Balaban J connectivity index is 2.60. The summed E-state index contributed by atoms with van der Waals surface area (Å²) in [5.74, 6) is 0.0746. The normalized spacial score (nSPS) is 34.7. The Hall–Kier alpha value is -0.570. The van der Waals surface area contributed by atoms with Crippen LogP contribution in [0.1, 0.15) is 13.8 Å². The summed E-state index contributed by atoms with van der Waals surface area (Å²) in [6.45, 7) is 4.21. The Morgan fingerprint density at radius 1 is 1.60 bits per heavy atom. The average Bonchev–Trinajstić information content (AvgIpc) is 1.93. The second-order valence-corrected chi connectivity index (χ2v) is 2.76. The average molecular weight is 143 g/mol. The van der Waals surface area contributed by atoms with Gasteiger partial charge in [0, 0.05) is 7.05 Å². The molecular weight excluding hydrogens is 130 g/mol. The largest absolute Gasteiger partial charge is 0.367 e. The molecule has 1 amide bonds. The molecule has 0 aromatic heterocycles. The quantitative estimate of drug-likeness (QED) is 0.486. The van der Waals surface area contributed by atoms with Crippen LogP contribution in [0.15, 0.2) is 0 Å². The zero-order valence-corrected chi connectivity index (χ0v) is 6.63. The van der Waals surface area contributed by atoms with Gasteiger partial charge in [-0.15, -0.1) is 0 Å². The number of rotatable bonds is 0. The number of ether oxygens (including phenoxy) is 1. The summed E-state index contributed by atoms with van der Waals surface area (Å²) in [5, 5.41) is 0. The van der Waals surface area contributed by atoms with Gasteiger partial charge in [-0.3, -0.25) is 4.79 Å². The van der Waals surface area contributed by atoms with Crippen molar-refractivity contribution >= 4 is 5.91 Å². The van der Waals surface area contributed by atoms with Crippen molar-refractivity contribution in [3.05, 3.63) is 0 Å². The second kappa shape index (κ2) is 2.58. The first-order valence-electron chi connectivity index (χ1n) is 3.50. The molecule has 0 N–H and O–H groups in total. The fourth-order valence-electron chi connectivity index (χ4n) is 0.986. The van der Waals surface area contributed by atoms with Crippen LogP contribution in [0.3, 0.4) is 0 Å². The van der Waals surface area contributed by atoms with E-state index in [2.05, 4.69) is 0 Å². The third-order valence-corrected chi connectivity index (χ3v) is 2.15. The molecule has 3 heteroatoms.